The van der Waals surface area contributed by atoms with Gasteiger partial charge in [-0.2, -0.15) is 0 Å². The predicted octanol–water partition coefficient (Wildman–Crippen LogP) is 2.71. The Morgan fingerprint density at radius 1 is 1.31 bits per heavy atom. The summed E-state index contributed by atoms with van der Waals surface area (Å²) in [7, 11) is 0. The molecule has 90 valence electrons. The van der Waals surface area contributed by atoms with Crippen LogP contribution in [0.3, 0.4) is 0 Å². The van der Waals surface area contributed by atoms with E-state index in [1.165, 1.54) is 0 Å². The summed E-state index contributed by atoms with van der Waals surface area (Å²) < 4.78 is 23.9. The van der Waals surface area contributed by atoms with E-state index >= 15 is 0 Å². The number of hydrogen-bond donors (Lipinski definition) is 2. The van der Waals surface area contributed by atoms with Gasteiger partial charge >= 0.3 is 0 Å². The minimum atomic E-state index is -2.75. The quantitative estimate of drug-likeness (QED) is 0.862. The van der Waals surface area contributed by atoms with Crippen molar-refractivity contribution >= 4 is 23.2 Å². The van der Waals surface area contributed by atoms with Crippen LogP contribution in [-0.4, -0.2) is 24.2 Å². The van der Waals surface area contributed by atoms with Crippen molar-refractivity contribution in [2.75, 3.05) is 6.54 Å². The van der Waals surface area contributed by atoms with Gasteiger partial charge in [0.15, 0.2) is 0 Å². The number of alkyl halides is 2. The van der Waals surface area contributed by atoms with Crippen LogP contribution in [-0.2, 0) is 6.54 Å². The van der Waals surface area contributed by atoms with Crippen molar-refractivity contribution in [3.8, 4) is 0 Å². The molecule has 0 bridgehead atoms. The largest absolute Gasteiger partial charge is 0.386 e. The second-order valence-electron chi connectivity index (χ2n) is 3.25. The van der Waals surface area contributed by atoms with Crippen LogP contribution >= 0.6 is 23.2 Å². The first-order valence-electron chi connectivity index (χ1n) is 4.62. The van der Waals surface area contributed by atoms with Crippen LogP contribution in [0, 0.1) is 0 Å². The number of nitrogens with one attached hydrogen (secondary N) is 1. The van der Waals surface area contributed by atoms with E-state index in [-0.39, 0.29) is 13.1 Å². The van der Waals surface area contributed by atoms with Gasteiger partial charge < -0.3 is 10.4 Å². The van der Waals surface area contributed by atoms with Gasteiger partial charge in [0, 0.05) is 13.1 Å². The normalized spacial score (nSPS) is 13.1. The minimum Gasteiger partial charge on any atom is -0.386 e. The zero-order valence-corrected chi connectivity index (χ0v) is 9.77. The molecular weight excluding hydrogens is 259 g/mol. The van der Waals surface area contributed by atoms with Gasteiger partial charge in [0.2, 0.25) is 0 Å². The summed E-state index contributed by atoms with van der Waals surface area (Å²) in [6.07, 6.45) is -4.42. The summed E-state index contributed by atoms with van der Waals surface area (Å²) >= 11 is 11.7. The zero-order valence-electron chi connectivity index (χ0n) is 8.26. The molecular formula is C10H11Cl2F2NO. The van der Waals surface area contributed by atoms with E-state index in [0.717, 1.165) is 0 Å². The molecule has 1 aromatic carbocycles. The SMILES string of the molecule is OC(CNCc1cccc(Cl)c1Cl)C(F)F. The van der Waals surface area contributed by atoms with E-state index < -0.39 is 12.5 Å². The fourth-order valence-electron chi connectivity index (χ4n) is 1.13. The Morgan fingerprint density at radius 3 is 2.62 bits per heavy atom. The highest BCUT2D eigenvalue weighted by atomic mass is 35.5. The van der Waals surface area contributed by atoms with Crippen molar-refractivity contribution in [3.63, 3.8) is 0 Å². The van der Waals surface area contributed by atoms with Crippen LogP contribution in [0.25, 0.3) is 0 Å². The number of halogens is 4. The molecule has 16 heavy (non-hydrogen) atoms. The zero-order chi connectivity index (χ0) is 12.1. The first-order chi connectivity index (χ1) is 7.52. The molecule has 0 saturated carbocycles. The van der Waals surface area contributed by atoms with E-state index in [2.05, 4.69) is 5.32 Å². The maximum absolute atomic E-state index is 12.0. The van der Waals surface area contributed by atoms with E-state index in [4.69, 9.17) is 28.3 Å². The molecule has 2 N–H and O–H groups in total. The van der Waals surface area contributed by atoms with Crippen molar-refractivity contribution in [3.05, 3.63) is 33.8 Å². The number of benzene rings is 1. The van der Waals surface area contributed by atoms with E-state index in [1.54, 1.807) is 18.2 Å². The Morgan fingerprint density at radius 2 is 2.00 bits per heavy atom. The van der Waals surface area contributed by atoms with Gasteiger partial charge in [0.25, 0.3) is 6.43 Å². The maximum Gasteiger partial charge on any atom is 0.265 e. The second kappa shape index (κ2) is 6.35. The maximum atomic E-state index is 12.0. The number of rotatable bonds is 5. The standard InChI is InChI=1S/C10H11Cl2F2NO/c11-7-3-1-2-6(9(7)12)4-15-5-8(16)10(13)14/h1-3,8,10,15-16H,4-5H2. The van der Waals surface area contributed by atoms with Crippen LogP contribution in [0.15, 0.2) is 18.2 Å². The lowest BCUT2D eigenvalue weighted by atomic mass is 10.2. The number of aliphatic hydroxyl groups excluding tert-OH is 1. The van der Waals surface area contributed by atoms with E-state index in [1.807, 2.05) is 0 Å². The summed E-state index contributed by atoms with van der Waals surface area (Å²) in [5.41, 5.74) is 0.704. The van der Waals surface area contributed by atoms with Gasteiger partial charge in [0.05, 0.1) is 10.0 Å². The fourth-order valence-corrected chi connectivity index (χ4v) is 1.52. The van der Waals surface area contributed by atoms with Crippen molar-refractivity contribution in [2.45, 2.75) is 19.1 Å². The van der Waals surface area contributed by atoms with Crippen LogP contribution in [0.5, 0.6) is 0 Å². The molecule has 0 saturated heterocycles. The summed E-state index contributed by atoms with van der Waals surface area (Å²) in [5.74, 6) is 0. The molecule has 0 aromatic heterocycles. The van der Waals surface area contributed by atoms with Crippen LogP contribution in [0.2, 0.25) is 10.0 Å². The highest BCUT2D eigenvalue weighted by Crippen LogP contribution is 2.25. The lowest BCUT2D eigenvalue weighted by molar-refractivity contribution is -0.00340. The third-order valence-corrected chi connectivity index (χ3v) is 2.85. The molecule has 0 amide bonds. The molecule has 2 nitrogen and oxygen atoms in total. The van der Waals surface area contributed by atoms with Crippen molar-refractivity contribution in [1.29, 1.82) is 0 Å². The Hall–Kier alpha value is -0.420. The van der Waals surface area contributed by atoms with Crippen LogP contribution in [0.4, 0.5) is 8.78 Å². The van der Waals surface area contributed by atoms with Gasteiger partial charge in [-0.3, -0.25) is 0 Å². The van der Waals surface area contributed by atoms with Crippen molar-refractivity contribution < 1.29 is 13.9 Å². The van der Waals surface area contributed by atoms with Gasteiger partial charge in [-0.05, 0) is 11.6 Å². The molecule has 1 rings (SSSR count). The molecule has 0 spiro atoms. The van der Waals surface area contributed by atoms with Gasteiger partial charge in [-0.15, -0.1) is 0 Å². The van der Waals surface area contributed by atoms with E-state index in [9.17, 15) is 8.78 Å². The lowest BCUT2D eigenvalue weighted by Crippen LogP contribution is -2.31. The highest BCUT2D eigenvalue weighted by molar-refractivity contribution is 6.42. The summed E-state index contributed by atoms with van der Waals surface area (Å²) in [5, 5.41) is 12.3. The second-order valence-corrected chi connectivity index (χ2v) is 4.03. The van der Waals surface area contributed by atoms with Crippen molar-refractivity contribution in [2.24, 2.45) is 0 Å². The van der Waals surface area contributed by atoms with Crippen LogP contribution < -0.4 is 5.32 Å². The first kappa shape index (κ1) is 13.6. The van der Waals surface area contributed by atoms with Gasteiger partial charge in [-0.25, -0.2) is 8.78 Å². The Bertz CT molecular complexity index is 350. The Labute approximate surface area is 102 Å². The molecule has 1 atom stereocenters. The average molecular weight is 270 g/mol. The monoisotopic (exact) mass is 269 g/mol. The lowest BCUT2D eigenvalue weighted by Gasteiger charge is -2.11. The number of aliphatic hydroxyl groups is 1. The van der Waals surface area contributed by atoms with Crippen LogP contribution in [0.1, 0.15) is 5.56 Å². The summed E-state index contributed by atoms with van der Waals surface area (Å²) in [4.78, 5) is 0. The summed E-state index contributed by atoms with van der Waals surface area (Å²) in [6.45, 7) is 0.0870. The molecule has 0 aliphatic rings. The molecule has 0 fully saturated rings. The fraction of sp³-hybridized carbons (Fsp3) is 0.400. The Kier molecular flexibility index (Phi) is 5.41. The smallest absolute Gasteiger partial charge is 0.265 e. The molecule has 1 aromatic rings. The van der Waals surface area contributed by atoms with E-state index in [0.29, 0.717) is 15.6 Å². The topological polar surface area (TPSA) is 32.3 Å². The Balaban J connectivity index is 2.46. The number of hydrogen-bond acceptors (Lipinski definition) is 2. The van der Waals surface area contributed by atoms with Gasteiger partial charge in [0.1, 0.15) is 6.10 Å². The summed E-state index contributed by atoms with van der Waals surface area (Å²) in [6, 6.07) is 5.09. The predicted molar refractivity (Wildman–Crippen MR) is 60.2 cm³/mol. The van der Waals surface area contributed by atoms with Gasteiger partial charge in [-0.1, -0.05) is 35.3 Å². The molecule has 6 heteroatoms. The minimum absolute atomic E-state index is 0.194. The highest BCUT2D eigenvalue weighted by Gasteiger charge is 2.15. The third kappa shape index (κ3) is 3.87. The molecule has 0 aliphatic heterocycles. The molecule has 0 heterocycles. The average Bonchev–Trinajstić information content (AvgIpc) is 2.24. The molecule has 0 radical (unpaired) electrons. The van der Waals surface area contributed by atoms with Crippen molar-refractivity contribution in [1.82, 2.24) is 5.32 Å². The molecule has 0 aliphatic carbocycles. The first-order valence-corrected chi connectivity index (χ1v) is 5.37. The molecule has 1 unspecified atom stereocenters. The third-order valence-electron chi connectivity index (χ3n) is 1.99.